The Balaban J connectivity index is 1.80. The lowest BCUT2D eigenvalue weighted by atomic mass is 9.92. The van der Waals surface area contributed by atoms with Crippen LogP contribution in [0.5, 0.6) is 0 Å². The van der Waals surface area contributed by atoms with Crippen LogP contribution in [0.15, 0.2) is 18.2 Å². The van der Waals surface area contributed by atoms with E-state index in [-0.39, 0.29) is 17.8 Å². The summed E-state index contributed by atoms with van der Waals surface area (Å²) in [6.45, 7) is 2.03. The molecule has 0 aliphatic carbocycles. The van der Waals surface area contributed by atoms with Crippen LogP contribution < -0.4 is 5.32 Å². The first-order valence-corrected chi connectivity index (χ1v) is 6.81. The first-order valence-electron chi connectivity index (χ1n) is 6.81. The standard InChI is InChI=1S/C15H19F2NO/c16-13-5-4-12(15(17)9-13)8-14(19)6-3-11-2-1-7-18-10-11/h4-5,9,11,18H,1-3,6-8,10H2. The van der Waals surface area contributed by atoms with Crippen LogP contribution in [-0.4, -0.2) is 18.9 Å². The third kappa shape index (κ3) is 4.39. The van der Waals surface area contributed by atoms with Crippen LogP contribution in [0.3, 0.4) is 0 Å². The van der Waals surface area contributed by atoms with Gasteiger partial charge in [0.25, 0.3) is 0 Å². The van der Waals surface area contributed by atoms with Crippen molar-refractivity contribution in [2.45, 2.75) is 32.1 Å². The summed E-state index contributed by atoms with van der Waals surface area (Å²) < 4.78 is 26.1. The Morgan fingerprint density at radius 3 is 2.89 bits per heavy atom. The van der Waals surface area contributed by atoms with Gasteiger partial charge in [-0.3, -0.25) is 4.79 Å². The Labute approximate surface area is 112 Å². The molecule has 104 valence electrons. The minimum Gasteiger partial charge on any atom is -0.316 e. The molecule has 1 unspecified atom stereocenters. The first kappa shape index (κ1) is 14.1. The molecule has 1 aromatic rings. The Morgan fingerprint density at radius 1 is 1.37 bits per heavy atom. The van der Waals surface area contributed by atoms with Gasteiger partial charge in [0, 0.05) is 18.9 Å². The van der Waals surface area contributed by atoms with Gasteiger partial charge in [-0.05, 0) is 49.9 Å². The molecule has 1 aliphatic heterocycles. The lowest BCUT2D eigenvalue weighted by Gasteiger charge is -2.22. The van der Waals surface area contributed by atoms with Crippen molar-refractivity contribution >= 4 is 5.78 Å². The van der Waals surface area contributed by atoms with Crippen molar-refractivity contribution in [1.29, 1.82) is 0 Å². The van der Waals surface area contributed by atoms with Crippen molar-refractivity contribution in [3.05, 3.63) is 35.4 Å². The number of halogens is 2. The van der Waals surface area contributed by atoms with Gasteiger partial charge in [0.1, 0.15) is 17.4 Å². The summed E-state index contributed by atoms with van der Waals surface area (Å²) >= 11 is 0. The average Bonchev–Trinajstić information content (AvgIpc) is 2.41. The molecule has 1 N–H and O–H groups in total. The van der Waals surface area contributed by atoms with Crippen molar-refractivity contribution in [1.82, 2.24) is 5.32 Å². The molecule has 1 saturated heterocycles. The van der Waals surface area contributed by atoms with Crippen molar-refractivity contribution in [2.75, 3.05) is 13.1 Å². The Morgan fingerprint density at radius 2 is 2.21 bits per heavy atom. The fraction of sp³-hybridized carbons (Fsp3) is 0.533. The van der Waals surface area contributed by atoms with E-state index in [1.165, 1.54) is 12.1 Å². The minimum atomic E-state index is -0.632. The molecule has 1 heterocycles. The number of nitrogens with one attached hydrogen (secondary N) is 1. The summed E-state index contributed by atoms with van der Waals surface area (Å²) in [6.07, 6.45) is 3.71. The van der Waals surface area contributed by atoms with Gasteiger partial charge in [0.05, 0.1) is 0 Å². The molecule has 1 atom stereocenters. The molecule has 0 bridgehead atoms. The summed E-state index contributed by atoms with van der Waals surface area (Å²) in [5, 5.41) is 3.31. The Hall–Kier alpha value is -1.29. The van der Waals surface area contributed by atoms with Crippen LogP contribution in [0.1, 0.15) is 31.2 Å². The van der Waals surface area contributed by atoms with Crippen LogP contribution in [0, 0.1) is 17.6 Å². The Bertz CT molecular complexity index is 442. The summed E-state index contributed by atoms with van der Waals surface area (Å²) in [5.41, 5.74) is 0.285. The summed E-state index contributed by atoms with van der Waals surface area (Å²) in [6, 6.07) is 3.37. The number of rotatable bonds is 5. The van der Waals surface area contributed by atoms with Crippen molar-refractivity contribution in [2.24, 2.45) is 5.92 Å². The maximum Gasteiger partial charge on any atom is 0.137 e. The summed E-state index contributed by atoms with van der Waals surface area (Å²) in [5.74, 6) is -0.665. The zero-order valence-corrected chi connectivity index (χ0v) is 10.9. The van der Waals surface area contributed by atoms with Crippen LogP contribution in [-0.2, 0) is 11.2 Å². The molecule has 0 amide bonds. The van der Waals surface area contributed by atoms with E-state index in [4.69, 9.17) is 0 Å². The highest BCUT2D eigenvalue weighted by Gasteiger charge is 2.15. The molecule has 1 fully saturated rings. The minimum absolute atomic E-state index is 0.0241. The van der Waals surface area contributed by atoms with E-state index in [2.05, 4.69) is 5.32 Å². The molecule has 4 heteroatoms. The van der Waals surface area contributed by atoms with Gasteiger partial charge in [-0.25, -0.2) is 8.78 Å². The topological polar surface area (TPSA) is 29.1 Å². The molecule has 0 aromatic heterocycles. The van der Waals surface area contributed by atoms with Crippen molar-refractivity contribution in [3.8, 4) is 0 Å². The smallest absolute Gasteiger partial charge is 0.137 e. The number of hydrogen-bond donors (Lipinski definition) is 1. The zero-order chi connectivity index (χ0) is 13.7. The van der Waals surface area contributed by atoms with E-state index in [0.29, 0.717) is 12.3 Å². The average molecular weight is 267 g/mol. The predicted molar refractivity (Wildman–Crippen MR) is 69.9 cm³/mol. The van der Waals surface area contributed by atoms with Crippen LogP contribution >= 0.6 is 0 Å². The summed E-state index contributed by atoms with van der Waals surface area (Å²) in [7, 11) is 0. The van der Waals surface area contributed by atoms with Gasteiger partial charge in [0.2, 0.25) is 0 Å². The SMILES string of the molecule is O=C(CCC1CCCNC1)Cc1ccc(F)cc1F. The van der Waals surface area contributed by atoms with Crippen molar-refractivity contribution < 1.29 is 13.6 Å². The van der Waals surface area contributed by atoms with E-state index >= 15 is 0 Å². The largest absolute Gasteiger partial charge is 0.316 e. The highest BCUT2D eigenvalue weighted by Crippen LogP contribution is 2.17. The Kier molecular flexibility index (Phi) is 5.02. The number of carbonyl (C=O) groups excluding carboxylic acids is 1. The normalized spacial score (nSPS) is 19.4. The fourth-order valence-electron chi connectivity index (χ4n) is 2.50. The molecule has 0 saturated carbocycles. The molecular weight excluding hydrogens is 248 g/mol. The van der Waals surface area contributed by atoms with Gasteiger partial charge in [-0.1, -0.05) is 6.07 Å². The number of carbonyl (C=O) groups is 1. The predicted octanol–water partition coefficient (Wildman–Crippen LogP) is 2.86. The highest BCUT2D eigenvalue weighted by atomic mass is 19.1. The molecule has 2 nitrogen and oxygen atoms in total. The molecule has 1 aromatic carbocycles. The van der Waals surface area contributed by atoms with Gasteiger partial charge in [-0.2, -0.15) is 0 Å². The van der Waals surface area contributed by atoms with E-state index in [1.54, 1.807) is 0 Å². The van der Waals surface area contributed by atoms with Crippen molar-refractivity contribution in [3.63, 3.8) is 0 Å². The van der Waals surface area contributed by atoms with Gasteiger partial charge >= 0.3 is 0 Å². The second-order valence-electron chi connectivity index (χ2n) is 5.20. The van der Waals surface area contributed by atoms with Crippen LogP contribution in [0.25, 0.3) is 0 Å². The van der Waals surface area contributed by atoms with E-state index in [1.807, 2.05) is 0 Å². The lowest BCUT2D eigenvalue weighted by Crippen LogP contribution is -2.30. The molecule has 0 spiro atoms. The molecule has 2 rings (SSSR count). The number of benzene rings is 1. The highest BCUT2D eigenvalue weighted by molar-refractivity contribution is 5.80. The van der Waals surface area contributed by atoms with E-state index in [0.717, 1.165) is 38.4 Å². The van der Waals surface area contributed by atoms with Gasteiger partial charge in [-0.15, -0.1) is 0 Å². The second-order valence-corrected chi connectivity index (χ2v) is 5.20. The third-order valence-electron chi connectivity index (χ3n) is 3.63. The lowest BCUT2D eigenvalue weighted by molar-refractivity contribution is -0.118. The third-order valence-corrected chi connectivity index (χ3v) is 3.63. The second kappa shape index (κ2) is 6.75. The molecule has 1 aliphatic rings. The van der Waals surface area contributed by atoms with E-state index in [9.17, 15) is 13.6 Å². The molecule has 19 heavy (non-hydrogen) atoms. The van der Waals surface area contributed by atoms with Crippen LogP contribution in [0.2, 0.25) is 0 Å². The zero-order valence-electron chi connectivity index (χ0n) is 10.9. The first-order chi connectivity index (χ1) is 9.15. The fourth-order valence-corrected chi connectivity index (χ4v) is 2.50. The maximum absolute atomic E-state index is 13.4. The van der Waals surface area contributed by atoms with E-state index < -0.39 is 11.6 Å². The van der Waals surface area contributed by atoms with Gasteiger partial charge in [0.15, 0.2) is 0 Å². The molecular formula is C15H19F2NO. The number of Topliss-reactive ketones (excluding diaryl/α,β-unsaturated/α-hetero) is 1. The number of ketones is 1. The maximum atomic E-state index is 13.4. The number of piperidine rings is 1. The van der Waals surface area contributed by atoms with Gasteiger partial charge < -0.3 is 5.32 Å². The van der Waals surface area contributed by atoms with Crippen LogP contribution in [0.4, 0.5) is 8.78 Å². The monoisotopic (exact) mass is 267 g/mol. The quantitative estimate of drug-likeness (QED) is 0.888. The molecule has 0 radical (unpaired) electrons. The summed E-state index contributed by atoms with van der Waals surface area (Å²) in [4.78, 5) is 11.8. The number of hydrogen-bond acceptors (Lipinski definition) is 2.